The second kappa shape index (κ2) is 10.7. The van der Waals surface area contributed by atoms with E-state index in [4.69, 9.17) is 16.3 Å². The van der Waals surface area contributed by atoms with E-state index in [0.29, 0.717) is 10.6 Å². The summed E-state index contributed by atoms with van der Waals surface area (Å²) in [7, 11) is -1.05. The third-order valence-electron chi connectivity index (χ3n) is 4.25. The van der Waals surface area contributed by atoms with Crippen LogP contribution in [0.3, 0.4) is 0 Å². The highest BCUT2D eigenvalue weighted by atomic mass is 35.5. The SMILES string of the molecule is CCOc1cc(CN(C)C(=O)CN(C)S(=O)(=O)c2ccc(Cl)cc2)ccc1OC(F)F. The van der Waals surface area contributed by atoms with Crippen molar-refractivity contribution < 1.29 is 31.5 Å². The van der Waals surface area contributed by atoms with E-state index in [1.807, 2.05) is 0 Å². The lowest BCUT2D eigenvalue weighted by atomic mass is 10.2. The van der Waals surface area contributed by atoms with Crippen LogP contribution in [0.1, 0.15) is 12.5 Å². The molecule has 0 aromatic heterocycles. The predicted octanol–water partition coefficient (Wildman–Crippen LogP) is 3.62. The molecule has 11 heteroatoms. The minimum absolute atomic E-state index is 0.0193. The van der Waals surface area contributed by atoms with Crippen LogP contribution in [0.15, 0.2) is 47.4 Å². The maximum atomic E-state index is 12.6. The summed E-state index contributed by atoms with van der Waals surface area (Å²) in [5.74, 6) is -0.433. The number of benzene rings is 2. The molecule has 0 atom stereocenters. The molecule has 7 nitrogen and oxygen atoms in total. The fourth-order valence-electron chi connectivity index (χ4n) is 2.66. The van der Waals surface area contributed by atoms with Crippen LogP contribution >= 0.6 is 11.6 Å². The second-order valence-corrected chi connectivity index (χ2v) is 9.04. The molecule has 0 unspecified atom stereocenters. The van der Waals surface area contributed by atoms with Gasteiger partial charge in [0, 0.05) is 25.7 Å². The summed E-state index contributed by atoms with van der Waals surface area (Å²) in [6.07, 6.45) is 0. The van der Waals surface area contributed by atoms with Gasteiger partial charge in [0.05, 0.1) is 18.0 Å². The van der Waals surface area contributed by atoms with Gasteiger partial charge < -0.3 is 14.4 Å². The molecule has 0 N–H and O–H groups in total. The first-order chi connectivity index (χ1) is 14.5. The van der Waals surface area contributed by atoms with Gasteiger partial charge in [0.15, 0.2) is 11.5 Å². The number of likely N-dealkylation sites (N-methyl/N-ethyl adjacent to an activating group) is 2. The first-order valence-electron chi connectivity index (χ1n) is 9.21. The molecular weight excluding hydrogens is 454 g/mol. The van der Waals surface area contributed by atoms with Gasteiger partial charge in [0.2, 0.25) is 15.9 Å². The van der Waals surface area contributed by atoms with Crippen LogP contribution in [0.4, 0.5) is 8.78 Å². The lowest BCUT2D eigenvalue weighted by Crippen LogP contribution is -2.39. The largest absolute Gasteiger partial charge is 0.490 e. The van der Waals surface area contributed by atoms with Gasteiger partial charge >= 0.3 is 6.61 Å². The van der Waals surface area contributed by atoms with E-state index in [9.17, 15) is 22.0 Å². The summed E-state index contributed by atoms with van der Waals surface area (Å²) in [5.41, 5.74) is 0.601. The summed E-state index contributed by atoms with van der Waals surface area (Å²) < 4.78 is 61.0. The Labute approximate surface area is 185 Å². The van der Waals surface area contributed by atoms with E-state index < -0.39 is 22.5 Å². The normalized spacial score (nSPS) is 11.6. The minimum atomic E-state index is -3.87. The molecule has 2 aromatic carbocycles. The number of hydrogen-bond donors (Lipinski definition) is 0. The standard InChI is InChI=1S/C20H23ClF2N2O5S/c1-4-29-18-11-14(5-10-17(18)30-20(22)23)12-24(2)19(26)13-25(3)31(27,28)16-8-6-15(21)7-9-16/h5-11,20H,4,12-13H2,1-3H3. The molecule has 1 amide bonds. The van der Waals surface area contributed by atoms with Gasteiger partial charge in [0.25, 0.3) is 0 Å². The van der Waals surface area contributed by atoms with Crippen molar-refractivity contribution in [1.29, 1.82) is 0 Å². The number of amides is 1. The Kier molecular flexibility index (Phi) is 8.60. The van der Waals surface area contributed by atoms with Gasteiger partial charge in [0.1, 0.15) is 0 Å². The van der Waals surface area contributed by atoms with Crippen molar-refractivity contribution in [2.24, 2.45) is 0 Å². The first kappa shape index (κ1) is 24.8. The molecule has 0 aliphatic carbocycles. The van der Waals surface area contributed by atoms with Gasteiger partial charge in [-0.3, -0.25) is 4.79 Å². The number of halogens is 3. The highest BCUT2D eigenvalue weighted by Gasteiger charge is 2.24. The smallest absolute Gasteiger partial charge is 0.387 e. The molecule has 31 heavy (non-hydrogen) atoms. The molecule has 0 bridgehead atoms. The molecule has 0 aliphatic heterocycles. The Balaban J connectivity index is 2.07. The topological polar surface area (TPSA) is 76.2 Å². The fourth-order valence-corrected chi connectivity index (χ4v) is 3.90. The van der Waals surface area contributed by atoms with E-state index in [-0.39, 0.29) is 36.1 Å². The number of sulfonamides is 1. The number of alkyl halides is 2. The molecule has 0 saturated carbocycles. The molecular formula is C20H23ClF2N2O5S. The molecule has 2 aromatic rings. The average Bonchev–Trinajstić information content (AvgIpc) is 2.70. The maximum Gasteiger partial charge on any atom is 0.387 e. The molecule has 0 fully saturated rings. The van der Waals surface area contributed by atoms with Crippen LogP contribution in [0, 0.1) is 0 Å². The zero-order valence-electron chi connectivity index (χ0n) is 17.2. The van der Waals surface area contributed by atoms with Gasteiger partial charge in [-0.1, -0.05) is 17.7 Å². The lowest BCUT2D eigenvalue weighted by Gasteiger charge is -2.22. The monoisotopic (exact) mass is 476 g/mol. The van der Waals surface area contributed by atoms with Crippen LogP contribution in [-0.4, -0.2) is 57.4 Å². The van der Waals surface area contributed by atoms with Crippen molar-refractivity contribution in [3.05, 3.63) is 53.1 Å². The summed E-state index contributed by atoms with van der Waals surface area (Å²) in [6.45, 7) is -1.32. The van der Waals surface area contributed by atoms with Gasteiger partial charge in [-0.05, 0) is 48.9 Å². The van der Waals surface area contributed by atoms with Crippen LogP contribution in [0.2, 0.25) is 5.02 Å². The van der Waals surface area contributed by atoms with Crippen molar-refractivity contribution >= 4 is 27.5 Å². The van der Waals surface area contributed by atoms with E-state index in [1.165, 1.54) is 61.5 Å². The zero-order valence-corrected chi connectivity index (χ0v) is 18.8. The Hall–Kier alpha value is -2.43. The number of rotatable bonds is 10. The van der Waals surface area contributed by atoms with Crippen molar-refractivity contribution in [3.63, 3.8) is 0 Å². The lowest BCUT2D eigenvalue weighted by molar-refractivity contribution is -0.130. The van der Waals surface area contributed by atoms with Crippen molar-refractivity contribution in [2.45, 2.75) is 25.0 Å². The Morgan fingerprint density at radius 1 is 1.10 bits per heavy atom. The van der Waals surface area contributed by atoms with Gasteiger partial charge in [-0.25, -0.2) is 8.42 Å². The summed E-state index contributed by atoms with van der Waals surface area (Å²) in [6, 6.07) is 9.99. The Bertz CT molecular complexity index is 1000. The van der Waals surface area contributed by atoms with Crippen molar-refractivity contribution in [1.82, 2.24) is 9.21 Å². The second-order valence-electron chi connectivity index (χ2n) is 6.56. The Morgan fingerprint density at radius 3 is 2.32 bits per heavy atom. The minimum Gasteiger partial charge on any atom is -0.490 e. The molecule has 0 radical (unpaired) electrons. The Morgan fingerprint density at radius 2 is 1.74 bits per heavy atom. The van der Waals surface area contributed by atoms with Crippen LogP contribution in [-0.2, 0) is 21.4 Å². The summed E-state index contributed by atoms with van der Waals surface area (Å²) >= 11 is 5.79. The van der Waals surface area contributed by atoms with Crippen LogP contribution in [0.5, 0.6) is 11.5 Å². The van der Waals surface area contributed by atoms with Crippen LogP contribution < -0.4 is 9.47 Å². The van der Waals surface area contributed by atoms with E-state index in [0.717, 1.165) is 4.31 Å². The number of carbonyl (C=O) groups excluding carboxylic acids is 1. The highest BCUT2D eigenvalue weighted by Crippen LogP contribution is 2.30. The van der Waals surface area contributed by atoms with E-state index in [1.54, 1.807) is 6.92 Å². The van der Waals surface area contributed by atoms with E-state index >= 15 is 0 Å². The van der Waals surface area contributed by atoms with Crippen molar-refractivity contribution in [3.8, 4) is 11.5 Å². The van der Waals surface area contributed by atoms with E-state index in [2.05, 4.69) is 4.74 Å². The number of hydrogen-bond acceptors (Lipinski definition) is 5. The summed E-state index contributed by atoms with van der Waals surface area (Å²) in [4.78, 5) is 13.9. The quantitative estimate of drug-likeness (QED) is 0.523. The molecule has 0 heterocycles. The number of nitrogens with zero attached hydrogens (tertiary/aromatic N) is 2. The zero-order chi connectivity index (χ0) is 23.2. The van der Waals surface area contributed by atoms with Crippen LogP contribution in [0.25, 0.3) is 0 Å². The molecule has 170 valence electrons. The summed E-state index contributed by atoms with van der Waals surface area (Å²) in [5, 5.41) is 0.397. The average molecular weight is 477 g/mol. The fraction of sp³-hybridized carbons (Fsp3) is 0.350. The van der Waals surface area contributed by atoms with Crippen molar-refractivity contribution in [2.75, 3.05) is 27.2 Å². The molecule has 0 spiro atoms. The molecule has 0 saturated heterocycles. The van der Waals surface area contributed by atoms with Gasteiger partial charge in [-0.2, -0.15) is 13.1 Å². The van der Waals surface area contributed by atoms with Gasteiger partial charge in [-0.15, -0.1) is 0 Å². The highest BCUT2D eigenvalue weighted by molar-refractivity contribution is 7.89. The predicted molar refractivity (Wildman–Crippen MR) is 112 cm³/mol. The molecule has 0 aliphatic rings. The third-order valence-corrected chi connectivity index (χ3v) is 6.32. The molecule has 2 rings (SSSR count). The maximum absolute atomic E-state index is 12.6. The number of ether oxygens (including phenoxy) is 2. The number of carbonyl (C=O) groups is 1. The first-order valence-corrected chi connectivity index (χ1v) is 11.0. The third kappa shape index (κ3) is 6.78.